The van der Waals surface area contributed by atoms with Gasteiger partial charge in [-0.1, -0.05) is 47.5 Å². The minimum atomic E-state index is 0.431. The summed E-state index contributed by atoms with van der Waals surface area (Å²) in [6.07, 6.45) is 1.81. The van der Waals surface area contributed by atoms with Gasteiger partial charge in [-0.3, -0.25) is 0 Å². The topological polar surface area (TPSA) is 33.0 Å². The Kier molecular flexibility index (Phi) is 5.22. The molecule has 0 spiro atoms. The average Bonchev–Trinajstić information content (AvgIpc) is 3.11. The third-order valence-corrected chi connectivity index (χ3v) is 4.67. The van der Waals surface area contributed by atoms with E-state index in [2.05, 4.69) is 6.07 Å². The van der Waals surface area contributed by atoms with Crippen LogP contribution in [0.25, 0.3) is 11.6 Å². The van der Waals surface area contributed by atoms with Gasteiger partial charge in [-0.15, -0.1) is 11.3 Å². The summed E-state index contributed by atoms with van der Waals surface area (Å²) in [5, 5.41) is 12.3. The van der Waals surface area contributed by atoms with Crippen molar-refractivity contribution in [2.45, 2.75) is 0 Å². The maximum atomic E-state index is 9.43. The molecule has 0 aliphatic carbocycles. The fourth-order valence-corrected chi connectivity index (χ4v) is 3.25. The molecule has 2 aromatic carbocycles. The van der Waals surface area contributed by atoms with Crippen LogP contribution in [0.15, 0.2) is 60.0 Å². The summed E-state index contributed by atoms with van der Waals surface area (Å²) in [5.74, 6) is 1.13. The first-order valence-electron chi connectivity index (χ1n) is 7.05. The molecule has 3 aromatic rings. The summed E-state index contributed by atoms with van der Waals surface area (Å²) in [6.45, 7) is 0. The lowest BCUT2D eigenvalue weighted by molar-refractivity contribution is 0.482. The molecule has 0 fully saturated rings. The zero-order chi connectivity index (χ0) is 16.9. The van der Waals surface area contributed by atoms with E-state index in [1.54, 1.807) is 18.2 Å². The van der Waals surface area contributed by atoms with Crippen LogP contribution in [0, 0.1) is 11.3 Å². The van der Waals surface area contributed by atoms with Gasteiger partial charge < -0.3 is 4.74 Å². The van der Waals surface area contributed by atoms with E-state index in [0.717, 1.165) is 10.4 Å². The third-order valence-electron chi connectivity index (χ3n) is 3.24. The predicted molar refractivity (Wildman–Crippen MR) is 101 cm³/mol. The normalized spacial score (nSPS) is 11.1. The predicted octanol–water partition coefficient (Wildman–Crippen LogP) is 6.91. The molecule has 0 radical (unpaired) electrons. The highest BCUT2D eigenvalue weighted by Gasteiger charge is 2.09. The molecule has 24 heavy (non-hydrogen) atoms. The van der Waals surface area contributed by atoms with Crippen LogP contribution in [0.2, 0.25) is 10.0 Å². The highest BCUT2D eigenvalue weighted by Crippen LogP contribution is 2.34. The van der Waals surface area contributed by atoms with E-state index in [0.29, 0.717) is 27.1 Å². The largest absolute Gasteiger partial charge is 0.455 e. The van der Waals surface area contributed by atoms with E-state index in [-0.39, 0.29) is 0 Å². The molecule has 0 atom stereocenters. The van der Waals surface area contributed by atoms with Crippen molar-refractivity contribution in [1.82, 2.24) is 0 Å². The van der Waals surface area contributed by atoms with E-state index < -0.39 is 0 Å². The van der Waals surface area contributed by atoms with Crippen LogP contribution in [-0.2, 0) is 0 Å². The molecule has 0 bridgehead atoms. The summed E-state index contributed by atoms with van der Waals surface area (Å²) in [4.78, 5) is 0.914. The number of thiophene rings is 1. The number of hydrogen-bond donors (Lipinski definition) is 0. The summed E-state index contributed by atoms with van der Waals surface area (Å²) in [6, 6.07) is 18.6. The molecule has 1 heterocycles. The van der Waals surface area contributed by atoms with Crippen molar-refractivity contribution >= 4 is 46.2 Å². The van der Waals surface area contributed by atoms with Gasteiger partial charge >= 0.3 is 0 Å². The fourth-order valence-electron chi connectivity index (χ4n) is 2.11. The van der Waals surface area contributed by atoms with Gasteiger partial charge in [-0.25, -0.2) is 0 Å². The van der Waals surface area contributed by atoms with Crippen LogP contribution in [0.3, 0.4) is 0 Å². The Morgan fingerprint density at radius 2 is 1.88 bits per heavy atom. The van der Waals surface area contributed by atoms with Crippen LogP contribution < -0.4 is 4.74 Å². The number of halogens is 2. The molecule has 0 saturated carbocycles. The zero-order valence-corrected chi connectivity index (χ0v) is 14.7. The second kappa shape index (κ2) is 7.55. The van der Waals surface area contributed by atoms with Gasteiger partial charge in [0.1, 0.15) is 17.6 Å². The van der Waals surface area contributed by atoms with Crippen LogP contribution in [-0.4, -0.2) is 0 Å². The summed E-state index contributed by atoms with van der Waals surface area (Å²) in [7, 11) is 0. The standard InChI is InChI=1S/C19H11Cl2NOS/c20-15-7-8-18(16(21)11-15)23-17-5-2-1-4-13(17)10-14(12-22)19-6-3-9-24-19/h1-11H/b14-10-. The minimum absolute atomic E-state index is 0.431. The second-order valence-electron chi connectivity index (χ2n) is 4.86. The second-order valence-corrected chi connectivity index (χ2v) is 6.65. The molecule has 5 heteroatoms. The number of benzene rings is 2. The van der Waals surface area contributed by atoms with Crippen molar-refractivity contribution in [3.05, 3.63) is 80.5 Å². The molecule has 0 unspecified atom stereocenters. The number of nitrogens with zero attached hydrogens (tertiary/aromatic N) is 1. The molecule has 0 amide bonds. The number of allylic oxidation sites excluding steroid dienone is 1. The van der Waals surface area contributed by atoms with Gasteiger partial charge in [0.25, 0.3) is 0 Å². The highest BCUT2D eigenvalue weighted by atomic mass is 35.5. The van der Waals surface area contributed by atoms with Crippen molar-refractivity contribution < 1.29 is 4.74 Å². The van der Waals surface area contributed by atoms with Crippen LogP contribution in [0.1, 0.15) is 10.4 Å². The lowest BCUT2D eigenvalue weighted by atomic mass is 10.1. The van der Waals surface area contributed by atoms with Gasteiger partial charge in [0.2, 0.25) is 0 Å². The monoisotopic (exact) mass is 371 g/mol. The number of hydrogen-bond acceptors (Lipinski definition) is 3. The fraction of sp³-hybridized carbons (Fsp3) is 0. The number of ether oxygens (including phenoxy) is 1. The van der Waals surface area contributed by atoms with Crippen LogP contribution >= 0.6 is 34.5 Å². The maximum Gasteiger partial charge on any atom is 0.146 e. The van der Waals surface area contributed by atoms with Gasteiger partial charge in [0.15, 0.2) is 0 Å². The van der Waals surface area contributed by atoms with Crippen LogP contribution in [0.4, 0.5) is 0 Å². The Hall–Kier alpha value is -2.25. The van der Waals surface area contributed by atoms with Gasteiger partial charge in [0.05, 0.1) is 10.6 Å². The van der Waals surface area contributed by atoms with Crippen molar-refractivity contribution in [3.63, 3.8) is 0 Å². The molecule has 0 aliphatic heterocycles. The maximum absolute atomic E-state index is 9.43. The Balaban J connectivity index is 1.98. The first-order valence-corrected chi connectivity index (χ1v) is 8.68. The van der Waals surface area contributed by atoms with Gasteiger partial charge in [-0.2, -0.15) is 5.26 Å². The van der Waals surface area contributed by atoms with Crippen molar-refractivity contribution in [1.29, 1.82) is 5.26 Å². The highest BCUT2D eigenvalue weighted by molar-refractivity contribution is 7.11. The summed E-state index contributed by atoms with van der Waals surface area (Å²) in [5.41, 5.74) is 1.39. The molecule has 2 nitrogen and oxygen atoms in total. The van der Waals surface area contributed by atoms with E-state index in [4.69, 9.17) is 27.9 Å². The van der Waals surface area contributed by atoms with Crippen molar-refractivity contribution in [2.24, 2.45) is 0 Å². The Morgan fingerprint density at radius 3 is 2.58 bits per heavy atom. The first kappa shape index (κ1) is 16.6. The lowest BCUT2D eigenvalue weighted by Crippen LogP contribution is -1.89. The summed E-state index contributed by atoms with van der Waals surface area (Å²) < 4.78 is 5.92. The average molecular weight is 372 g/mol. The van der Waals surface area contributed by atoms with Crippen LogP contribution in [0.5, 0.6) is 11.5 Å². The number of rotatable bonds is 4. The number of nitriles is 1. The Labute approximate surface area is 154 Å². The van der Waals surface area contributed by atoms with Gasteiger partial charge in [-0.05, 0) is 41.8 Å². The third kappa shape index (κ3) is 3.80. The molecule has 0 N–H and O–H groups in total. The Bertz CT molecular complexity index is 927. The van der Waals surface area contributed by atoms with E-state index >= 15 is 0 Å². The Morgan fingerprint density at radius 1 is 1.04 bits per heavy atom. The molecule has 1 aromatic heterocycles. The minimum Gasteiger partial charge on any atom is -0.455 e. The first-order chi connectivity index (χ1) is 11.7. The van der Waals surface area contributed by atoms with E-state index in [1.807, 2.05) is 47.9 Å². The molecule has 3 rings (SSSR count). The number of para-hydroxylation sites is 1. The smallest absolute Gasteiger partial charge is 0.146 e. The molecular formula is C19H11Cl2NOS. The summed E-state index contributed by atoms with van der Waals surface area (Å²) >= 11 is 13.6. The zero-order valence-electron chi connectivity index (χ0n) is 12.4. The quantitative estimate of drug-likeness (QED) is 0.466. The van der Waals surface area contributed by atoms with Gasteiger partial charge in [0, 0.05) is 15.5 Å². The molecule has 0 saturated heterocycles. The van der Waals surface area contributed by atoms with Crippen molar-refractivity contribution in [3.8, 4) is 17.6 Å². The molecule has 118 valence electrons. The molecule has 0 aliphatic rings. The van der Waals surface area contributed by atoms with E-state index in [9.17, 15) is 5.26 Å². The van der Waals surface area contributed by atoms with E-state index in [1.165, 1.54) is 11.3 Å². The SMILES string of the molecule is N#C/C(=C/c1ccccc1Oc1ccc(Cl)cc1Cl)c1cccs1. The lowest BCUT2D eigenvalue weighted by Gasteiger charge is -2.10. The van der Waals surface area contributed by atoms with Crippen molar-refractivity contribution in [2.75, 3.05) is 0 Å². The molecular weight excluding hydrogens is 361 g/mol.